The van der Waals surface area contributed by atoms with E-state index in [1.807, 2.05) is 55.1 Å². The van der Waals surface area contributed by atoms with Crippen LogP contribution in [0.5, 0.6) is 0 Å². The number of amides is 2. The molecule has 1 N–H and O–H groups in total. The van der Waals surface area contributed by atoms with Crippen molar-refractivity contribution in [2.45, 2.75) is 13.8 Å². The van der Waals surface area contributed by atoms with Crippen molar-refractivity contribution in [2.75, 3.05) is 36.4 Å². The van der Waals surface area contributed by atoms with Crippen molar-refractivity contribution in [1.29, 1.82) is 0 Å². The smallest absolute Gasteiger partial charge is 0.321 e. The molecule has 0 aliphatic carbocycles. The molecule has 2 aliphatic heterocycles. The molecule has 2 saturated heterocycles. The van der Waals surface area contributed by atoms with E-state index < -0.39 is 0 Å². The number of aryl methyl sites for hydroxylation is 2. The summed E-state index contributed by atoms with van der Waals surface area (Å²) in [5.74, 6) is 2.68. The van der Waals surface area contributed by atoms with Crippen molar-refractivity contribution in [3.63, 3.8) is 0 Å². The molecule has 2 aliphatic rings. The Morgan fingerprint density at radius 3 is 2.57 bits per heavy atom. The van der Waals surface area contributed by atoms with Crippen molar-refractivity contribution in [3.8, 4) is 0 Å². The molecule has 0 saturated carbocycles. The zero-order valence-electron chi connectivity index (χ0n) is 16.0. The summed E-state index contributed by atoms with van der Waals surface area (Å²) in [4.78, 5) is 16.9. The van der Waals surface area contributed by atoms with Crippen molar-refractivity contribution in [1.82, 2.24) is 24.7 Å². The molecule has 2 aromatic heterocycles. The first-order valence-electron chi connectivity index (χ1n) is 9.63. The number of nitrogens with one attached hydrogen (secondary N) is 1. The lowest BCUT2D eigenvalue weighted by Crippen LogP contribution is -2.36. The summed E-state index contributed by atoms with van der Waals surface area (Å²) in [5, 5.41) is 15.9. The third-order valence-corrected chi connectivity index (χ3v) is 5.77. The summed E-state index contributed by atoms with van der Waals surface area (Å²) >= 11 is 0. The van der Waals surface area contributed by atoms with E-state index in [0.29, 0.717) is 11.8 Å². The molecule has 8 heteroatoms. The SMILES string of the molecule is Cc1cccc(NC(=O)N2CC3CN(c4ccc5nnc(C)n5n4)CC3C2)c1. The third kappa shape index (κ3) is 2.94. The largest absolute Gasteiger partial charge is 0.354 e. The van der Waals surface area contributed by atoms with Crippen molar-refractivity contribution in [3.05, 3.63) is 47.8 Å². The number of hydrogen-bond acceptors (Lipinski definition) is 5. The second-order valence-electron chi connectivity index (χ2n) is 7.84. The Morgan fingerprint density at radius 2 is 1.82 bits per heavy atom. The number of hydrogen-bond donors (Lipinski definition) is 1. The minimum atomic E-state index is -0.00814. The highest BCUT2D eigenvalue weighted by molar-refractivity contribution is 5.89. The van der Waals surface area contributed by atoms with E-state index in [-0.39, 0.29) is 6.03 Å². The molecule has 0 bridgehead atoms. The average Bonchev–Trinajstić information content (AvgIpc) is 3.35. The van der Waals surface area contributed by atoms with Crippen LogP contribution in [-0.2, 0) is 0 Å². The molecule has 0 radical (unpaired) electrons. The van der Waals surface area contributed by atoms with E-state index in [9.17, 15) is 4.79 Å². The molecule has 3 aromatic rings. The van der Waals surface area contributed by atoms with Crippen LogP contribution in [0.3, 0.4) is 0 Å². The number of carbonyl (C=O) groups excluding carboxylic acids is 1. The fraction of sp³-hybridized carbons (Fsp3) is 0.400. The van der Waals surface area contributed by atoms with E-state index in [4.69, 9.17) is 0 Å². The Balaban J connectivity index is 1.24. The van der Waals surface area contributed by atoms with Crippen LogP contribution in [0.4, 0.5) is 16.3 Å². The fourth-order valence-corrected chi connectivity index (χ4v) is 4.33. The zero-order chi connectivity index (χ0) is 19.3. The Morgan fingerprint density at radius 1 is 1.04 bits per heavy atom. The van der Waals surface area contributed by atoms with Crippen LogP contribution in [0.2, 0.25) is 0 Å². The Kier molecular flexibility index (Phi) is 3.92. The first-order chi connectivity index (χ1) is 13.6. The molecule has 4 heterocycles. The van der Waals surface area contributed by atoms with E-state index in [1.54, 1.807) is 4.52 Å². The van der Waals surface area contributed by atoms with Crippen molar-refractivity contribution < 1.29 is 4.79 Å². The van der Waals surface area contributed by atoms with E-state index in [1.165, 1.54) is 0 Å². The standard InChI is InChI=1S/C20H23N7O/c1-13-4-3-5-17(8-13)21-20(28)26-11-15-9-25(10-16(15)12-26)19-7-6-18-23-22-14(2)27(18)24-19/h3-8,15-16H,9-12H2,1-2H3,(H,21,28). The van der Waals surface area contributed by atoms with Gasteiger partial charge in [0.25, 0.3) is 0 Å². The lowest BCUT2D eigenvalue weighted by Gasteiger charge is -2.22. The number of nitrogens with zero attached hydrogens (tertiary/aromatic N) is 6. The van der Waals surface area contributed by atoms with E-state index in [2.05, 4.69) is 25.5 Å². The van der Waals surface area contributed by atoms with Gasteiger partial charge in [-0.15, -0.1) is 15.3 Å². The predicted molar refractivity (Wildman–Crippen MR) is 106 cm³/mol. The molecule has 5 rings (SSSR count). The van der Waals surface area contributed by atoms with Crippen LogP contribution in [-0.4, -0.2) is 56.9 Å². The van der Waals surface area contributed by atoms with Gasteiger partial charge in [0.1, 0.15) is 5.82 Å². The number of rotatable bonds is 2. The van der Waals surface area contributed by atoms with Gasteiger partial charge in [0.05, 0.1) is 0 Å². The molecule has 2 unspecified atom stereocenters. The third-order valence-electron chi connectivity index (χ3n) is 5.77. The van der Waals surface area contributed by atoms with Gasteiger partial charge in [0.2, 0.25) is 0 Å². The summed E-state index contributed by atoms with van der Waals surface area (Å²) in [5.41, 5.74) is 2.75. The molecule has 0 spiro atoms. The van der Waals surface area contributed by atoms with Gasteiger partial charge >= 0.3 is 6.03 Å². The number of likely N-dealkylation sites (tertiary alicyclic amines) is 1. The maximum Gasteiger partial charge on any atom is 0.321 e. The maximum absolute atomic E-state index is 12.6. The number of benzene rings is 1. The highest BCUT2D eigenvalue weighted by Gasteiger charge is 2.42. The number of aromatic nitrogens is 4. The first kappa shape index (κ1) is 17.0. The van der Waals surface area contributed by atoms with Gasteiger partial charge in [0, 0.05) is 43.7 Å². The van der Waals surface area contributed by atoms with E-state index in [0.717, 1.165) is 54.7 Å². The van der Waals surface area contributed by atoms with Crippen molar-refractivity contribution in [2.24, 2.45) is 11.8 Å². The second-order valence-corrected chi connectivity index (χ2v) is 7.84. The molecular formula is C20H23N7O. The normalized spacial score (nSPS) is 21.4. The molecule has 2 atom stereocenters. The molecule has 28 heavy (non-hydrogen) atoms. The maximum atomic E-state index is 12.6. The minimum Gasteiger partial charge on any atom is -0.354 e. The minimum absolute atomic E-state index is 0.00814. The van der Waals surface area contributed by atoms with Gasteiger partial charge in [-0.25, -0.2) is 4.79 Å². The topological polar surface area (TPSA) is 78.7 Å². The van der Waals surface area contributed by atoms with Gasteiger partial charge in [-0.3, -0.25) is 0 Å². The van der Waals surface area contributed by atoms with Crippen LogP contribution in [0.25, 0.3) is 5.65 Å². The average molecular weight is 377 g/mol. The van der Waals surface area contributed by atoms with Crippen molar-refractivity contribution >= 4 is 23.2 Å². The number of urea groups is 1. The Hall–Kier alpha value is -3.16. The highest BCUT2D eigenvalue weighted by atomic mass is 16.2. The molecule has 1 aromatic carbocycles. The van der Waals surface area contributed by atoms with Crippen LogP contribution in [0.15, 0.2) is 36.4 Å². The molecule has 144 valence electrons. The molecule has 2 fully saturated rings. The predicted octanol–water partition coefficient (Wildman–Crippen LogP) is 2.34. The van der Waals surface area contributed by atoms with Gasteiger partial charge in [0.15, 0.2) is 11.5 Å². The Bertz CT molecular complexity index is 1030. The van der Waals surface area contributed by atoms with Gasteiger partial charge in [-0.05, 0) is 43.7 Å². The first-order valence-corrected chi connectivity index (χ1v) is 9.63. The molecule has 2 amide bonds. The lowest BCUT2D eigenvalue weighted by molar-refractivity contribution is 0.219. The zero-order valence-corrected chi connectivity index (χ0v) is 16.0. The summed E-state index contributed by atoms with van der Waals surface area (Å²) < 4.78 is 1.78. The highest BCUT2D eigenvalue weighted by Crippen LogP contribution is 2.33. The van der Waals surface area contributed by atoms with Gasteiger partial charge < -0.3 is 15.1 Å². The van der Waals surface area contributed by atoms with Gasteiger partial charge in [-0.1, -0.05) is 12.1 Å². The van der Waals surface area contributed by atoms with Crippen LogP contribution in [0.1, 0.15) is 11.4 Å². The second kappa shape index (κ2) is 6.47. The molecule has 8 nitrogen and oxygen atoms in total. The number of carbonyl (C=O) groups is 1. The fourth-order valence-electron chi connectivity index (χ4n) is 4.33. The van der Waals surface area contributed by atoms with Crippen LogP contribution >= 0.6 is 0 Å². The quantitative estimate of drug-likeness (QED) is 0.742. The molecular weight excluding hydrogens is 354 g/mol. The number of fused-ring (bicyclic) bond motifs is 2. The monoisotopic (exact) mass is 377 g/mol. The Labute approximate surface area is 163 Å². The van der Waals surface area contributed by atoms with Crippen LogP contribution < -0.4 is 10.2 Å². The van der Waals surface area contributed by atoms with Gasteiger partial charge in [-0.2, -0.15) is 4.52 Å². The summed E-state index contributed by atoms with van der Waals surface area (Å²) in [7, 11) is 0. The summed E-state index contributed by atoms with van der Waals surface area (Å²) in [6.45, 7) is 7.33. The number of anilines is 2. The lowest BCUT2D eigenvalue weighted by atomic mass is 10.0. The summed E-state index contributed by atoms with van der Waals surface area (Å²) in [6, 6.07) is 11.9. The van der Waals surface area contributed by atoms with Crippen LogP contribution in [0, 0.1) is 25.7 Å². The summed E-state index contributed by atoms with van der Waals surface area (Å²) in [6.07, 6.45) is 0. The van der Waals surface area contributed by atoms with E-state index >= 15 is 0 Å².